The first kappa shape index (κ1) is 9.89. The topological polar surface area (TPSA) is 20.2 Å². The molecule has 0 spiro atoms. The van der Waals surface area contributed by atoms with E-state index >= 15 is 0 Å². The predicted molar refractivity (Wildman–Crippen MR) is 37.6 cm³/mol. The van der Waals surface area contributed by atoms with Crippen LogP contribution in [-0.4, -0.2) is 5.11 Å². The Hall–Kier alpha value is -0.110. The number of hydrogen-bond acceptors (Lipinski definition) is 1. The molecule has 0 bridgehead atoms. The second-order valence-electron chi connectivity index (χ2n) is 2.35. The van der Waals surface area contributed by atoms with E-state index in [9.17, 15) is 0 Å². The number of aromatic hydroxyl groups is 1. The molecule has 0 aliphatic rings. The molecule has 1 aromatic rings. The first-order chi connectivity index (χ1) is 4.18. The third kappa shape index (κ3) is 2.65. The van der Waals surface area contributed by atoms with E-state index in [4.69, 9.17) is 5.11 Å². The van der Waals surface area contributed by atoms with Crippen LogP contribution in [0.25, 0.3) is 0 Å². The summed E-state index contributed by atoms with van der Waals surface area (Å²) in [7, 11) is 0. The third-order valence-corrected chi connectivity index (χ3v) is 1.21. The van der Waals surface area contributed by atoms with Gasteiger partial charge in [0.05, 0.1) is 0 Å². The second kappa shape index (κ2) is 3.91. The molecule has 1 radical (unpaired) electrons. The van der Waals surface area contributed by atoms with Crippen molar-refractivity contribution < 1.29 is 30.9 Å². The van der Waals surface area contributed by atoms with E-state index in [-0.39, 0.29) is 25.8 Å². The van der Waals surface area contributed by atoms with Crippen LogP contribution in [0.1, 0.15) is 11.1 Å². The maximum atomic E-state index is 8.99. The van der Waals surface area contributed by atoms with Gasteiger partial charge in [0.15, 0.2) is 0 Å². The van der Waals surface area contributed by atoms with E-state index in [2.05, 4.69) is 0 Å². The summed E-state index contributed by atoms with van der Waals surface area (Å²) < 4.78 is 0. The Morgan fingerprint density at radius 2 is 1.40 bits per heavy atom. The molecule has 0 amide bonds. The molecule has 1 rings (SSSR count). The summed E-state index contributed by atoms with van der Waals surface area (Å²) in [4.78, 5) is 0. The van der Waals surface area contributed by atoms with Gasteiger partial charge in [-0.25, -0.2) is 0 Å². The van der Waals surface area contributed by atoms with Crippen molar-refractivity contribution in [1.82, 2.24) is 0 Å². The van der Waals surface area contributed by atoms with Gasteiger partial charge in [-0.2, -0.15) is 0 Å². The smallest absolute Gasteiger partial charge is 0.116 e. The maximum absolute atomic E-state index is 8.99. The summed E-state index contributed by atoms with van der Waals surface area (Å²) in [5.74, 6) is 0.354. The number of benzene rings is 1. The van der Waals surface area contributed by atoms with Gasteiger partial charge < -0.3 is 5.11 Å². The van der Waals surface area contributed by atoms with Crippen molar-refractivity contribution in [2.24, 2.45) is 0 Å². The van der Waals surface area contributed by atoms with Gasteiger partial charge in [-0.3, -0.25) is 0 Å². The van der Waals surface area contributed by atoms with E-state index in [0.29, 0.717) is 5.75 Å². The summed E-state index contributed by atoms with van der Waals surface area (Å²) in [6.45, 7) is 3.93. The SMILES string of the molecule is Cc1cc(C)cc(O)c1.[Sc]. The van der Waals surface area contributed by atoms with Crippen LogP contribution in [0.3, 0.4) is 0 Å². The van der Waals surface area contributed by atoms with Crippen molar-refractivity contribution in [3.8, 4) is 5.75 Å². The molecule has 1 N–H and O–H groups in total. The molecule has 0 saturated carbocycles. The zero-order valence-corrected chi connectivity index (χ0v) is 8.06. The molecule has 0 saturated heterocycles. The van der Waals surface area contributed by atoms with Crippen molar-refractivity contribution in [3.05, 3.63) is 29.3 Å². The molecule has 2 heteroatoms. The molecular formula is C8H10OSc. The molecule has 51 valence electrons. The molecule has 1 aromatic carbocycles. The van der Waals surface area contributed by atoms with Crippen LogP contribution in [0.15, 0.2) is 18.2 Å². The standard InChI is InChI=1S/C8H10O.Sc/c1-6-3-7(2)5-8(9)4-6;/h3-5,9H,1-2H3;. The van der Waals surface area contributed by atoms with Gasteiger partial charge in [0.2, 0.25) is 0 Å². The number of aryl methyl sites for hydroxylation is 2. The predicted octanol–water partition coefficient (Wildman–Crippen LogP) is 2.01. The molecule has 0 aliphatic carbocycles. The minimum Gasteiger partial charge on any atom is -0.508 e. The number of phenolic OH excluding ortho intramolecular Hbond substituents is 1. The summed E-state index contributed by atoms with van der Waals surface area (Å²) in [5, 5.41) is 8.99. The number of rotatable bonds is 0. The van der Waals surface area contributed by atoms with Crippen molar-refractivity contribution in [2.45, 2.75) is 13.8 Å². The Bertz CT molecular complexity index is 170. The van der Waals surface area contributed by atoms with Gasteiger partial charge >= 0.3 is 0 Å². The molecule has 1 nitrogen and oxygen atoms in total. The van der Waals surface area contributed by atoms with Crippen LogP contribution in [0.4, 0.5) is 0 Å². The second-order valence-corrected chi connectivity index (χ2v) is 2.35. The molecule has 0 heterocycles. The van der Waals surface area contributed by atoms with Crippen LogP contribution in [0, 0.1) is 13.8 Å². The zero-order chi connectivity index (χ0) is 6.85. The maximum Gasteiger partial charge on any atom is 0.116 e. The van der Waals surface area contributed by atoms with Crippen molar-refractivity contribution in [3.63, 3.8) is 0 Å². The fraction of sp³-hybridized carbons (Fsp3) is 0.250. The van der Waals surface area contributed by atoms with Crippen LogP contribution in [-0.2, 0) is 25.8 Å². The summed E-state index contributed by atoms with van der Waals surface area (Å²) in [5.41, 5.74) is 2.21. The van der Waals surface area contributed by atoms with Crippen molar-refractivity contribution >= 4 is 0 Å². The number of hydrogen-bond donors (Lipinski definition) is 1. The normalized spacial score (nSPS) is 8.60. The Kier molecular flexibility index (Phi) is 3.87. The van der Waals surface area contributed by atoms with Crippen LogP contribution in [0.2, 0.25) is 0 Å². The van der Waals surface area contributed by atoms with E-state index < -0.39 is 0 Å². The summed E-state index contributed by atoms with van der Waals surface area (Å²) in [6, 6.07) is 5.51. The molecule has 0 unspecified atom stereocenters. The first-order valence-corrected chi connectivity index (χ1v) is 2.96. The van der Waals surface area contributed by atoms with E-state index in [1.165, 1.54) is 0 Å². The van der Waals surface area contributed by atoms with Crippen LogP contribution in [0.5, 0.6) is 5.75 Å². The van der Waals surface area contributed by atoms with Gasteiger partial charge in [0.25, 0.3) is 0 Å². The molecule has 0 atom stereocenters. The van der Waals surface area contributed by atoms with Gasteiger partial charge in [0, 0.05) is 25.8 Å². The summed E-state index contributed by atoms with van der Waals surface area (Å²) in [6.07, 6.45) is 0. The quantitative estimate of drug-likeness (QED) is 0.626. The Morgan fingerprint density at radius 3 is 1.70 bits per heavy atom. The first-order valence-electron chi connectivity index (χ1n) is 2.96. The van der Waals surface area contributed by atoms with Crippen LogP contribution >= 0.6 is 0 Å². The Labute approximate surface area is 79.9 Å². The Balaban J connectivity index is 0.000000810. The van der Waals surface area contributed by atoms with Gasteiger partial charge in [0.1, 0.15) is 5.75 Å². The monoisotopic (exact) mass is 167 g/mol. The molecule has 0 aromatic heterocycles. The summed E-state index contributed by atoms with van der Waals surface area (Å²) >= 11 is 0. The fourth-order valence-corrected chi connectivity index (χ4v) is 0.951. The van der Waals surface area contributed by atoms with Gasteiger partial charge in [-0.15, -0.1) is 0 Å². The molecule has 10 heavy (non-hydrogen) atoms. The molecule has 0 aliphatic heterocycles. The average molecular weight is 167 g/mol. The van der Waals surface area contributed by atoms with Gasteiger partial charge in [-0.05, 0) is 37.1 Å². The largest absolute Gasteiger partial charge is 0.508 e. The van der Waals surface area contributed by atoms with Crippen molar-refractivity contribution in [1.29, 1.82) is 0 Å². The minimum absolute atomic E-state index is 0. The van der Waals surface area contributed by atoms with E-state index in [1.807, 2.05) is 19.9 Å². The third-order valence-electron chi connectivity index (χ3n) is 1.21. The Morgan fingerprint density at radius 1 is 1.00 bits per heavy atom. The number of phenols is 1. The molecular weight excluding hydrogens is 157 g/mol. The van der Waals surface area contributed by atoms with E-state index in [0.717, 1.165) is 11.1 Å². The van der Waals surface area contributed by atoms with E-state index in [1.54, 1.807) is 12.1 Å². The zero-order valence-electron chi connectivity index (χ0n) is 6.26. The van der Waals surface area contributed by atoms with Crippen LogP contribution < -0.4 is 0 Å². The van der Waals surface area contributed by atoms with Crippen molar-refractivity contribution in [2.75, 3.05) is 0 Å². The molecule has 0 fully saturated rings. The minimum atomic E-state index is 0. The fourth-order valence-electron chi connectivity index (χ4n) is 0.951. The average Bonchev–Trinajstić information content (AvgIpc) is 1.59. The van der Waals surface area contributed by atoms with Gasteiger partial charge in [-0.1, -0.05) is 6.07 Å².